The van der Waals surface area contributed by atoms with Crippen molar-refractivity contribution >= 4 is 5.91 Å². The lowest BCUT2D eigenvalue weighted by atomic mass is 10.0. The fraction of sp³-hybridized carbons (Fsp3) is 0.412. The molecule has 1 aliphatic rings. The van der Waals surface area contributed by atoms with Gasteiger partial charge in [-0.05, 0) is 31.5 Å². The number of aromatic nitrogens is 2. The van der Waals surface area contributed by atoms with Crippen molar-refractivity contribution in [2.24, 2.45) is 0 Å². The van der Waals surface area contributed by atoms with E-state index in [4.69, 9.17) is 0 Å². The van der Waals surface area contributed by atoms with Crippen LogP contribution in [0.2, 0.25) is 0 Å². The summed E-state index contributed by atoms with van der Waals surface area (Å²) in [4.78, 5) is 14.4. The maximum atomic E-state index is 13.1. The van der Waals surface area contributed by atoms with Crippen molar-refractivity contribution in [3.63, 3.8) is 0 Å². The summed E-state index contributed by atoms with van der Waals surface area (Å²) in [7, 11) is 0. The third-order valence-corrected chi connectivity index (χ3v) is 4.07. The molecule has 0 aliphatic carbocycles. The first kappa shape index (κ1) is 15.7. The maximum Gasteiger partial charge on any atom is 0.242 e. The van der Waals surface area contributed by atoms with Gasteiger partial charge in [-0.1, -0.05) is 12.1 Å². The van der Waals surface area contributed by atoms with Crippen molar-refractivity contribution in [1.29, 1.82) is 0 Å². The van der Waals surface area contributed by atoms with Gasteiger partial charge in [-0.25, -0.2) is 4.39 Å². The second-order valence-electron chi connectivity index (χ2n) is 6.14. The summed E-state index contributed by atoms with van der Waals surface area (Å²) in [5, 5.41) is 7.24. The van der Waals surface area contributed by atoms with E-state index in [9.17, 15) is 9.18 Å². The van der Waals surface area contributed by atoms with Gasteiger partial charge in [-0.2, -0.15) is 5.10 Å². The number of nitrogens with one attached hydrogen (secondary N) is 1. The molecule has 1 N–H and O–H groups in total. The largest absolute Gasteiger partial charge is 0.353 e. The summed E-state index contributed by atoms with van der Waals surface area (Å²) in [5.74, 6) is -0.339. The van der Waals surface area contributed by atoms with E-state index in [1.54, 1.807) is 12.1 Å². The number of carbonyl (C=O) groups excluding carboxylic acids is 1. The Morgan fingerprint density at radius 3 is 2.74 bits per heavy atom. The van der Waals surface area contributed by atoms with Crippen LogP contribution in [0.15, 0.2) is 36.7 Å². The number of rotatable bonds is 4. The van der Waals surface area contributed by atoms with Crippen molar-refractivity contribution in [3.8, 4) is 0 Å². The monoisotopic (exact) mass is 316 g/mol. The zero-order valence-corrected chi connectivity index (χ0v) is 13.4. The summed E-state index contributed by atoms with van der Waals surface area (Å²) in [6, 6.07) is 6.05. The van der Waals surface area contributed by atoms with E-state index in [2.05, 4.69) is 29.2 Å². The zero-order chi connectivity index (χ0) is 16.4. The molecule has 23 heavy (non-hydrogen) atoms. The van der Waals surface area contributed by atoms with Crippen LogP contribution in [0.1, 0.15) is 37.1 Å². The minimum absolute atomic E-state index is 0.0425. The van der Waals surface area contributed by atoms with Crippen molar-refractivity contribution in [1.82, 2.24) is 20.0 Å². The molecule has 0 bridgehead atoms. The molecule has 1 saturated heterocycles. The third-order valence-electron chi connectivity index (χ3n) is 4.07. The van der Waals surface area contributed by atoms with Gasteiger partial charge in [0.1, 0.15) is 11.9 Å². The number of piperazine rings is 1. The first-order chi connectivity index (χ1) is 11.0. The average Bonchev–Trinajstić information content (AvgIpc) is 2.98. The molecule has 1 fully saturated rings. The fourth-order valence-electron chi connectivity index (χ4n) is 2.87. The average molecular weight is 316 g/mol. The summed E-state index contributed by atoms with van der Waals surface area (Å²) in [6.45, 7) is 6.16. The number of carbonyl (C=O) groups is 1. The summed E-state index contributed by atoms with van der Waals surface area (Å²) < 4.78 is 15.1. The molecule has 0 radical (unpaired) electrons. The number of hydrogen-bond acceptors (Lipinski definition) is 3. The first-order valence-corrected chi connectivity index (χ1v) is 7.85. The molecule has 5 nitrogen and oxygen atoms in total. The number of benzene rings is 1. The lowest BCUT2D eigenvalue weighted by Crippen LogP contribution is -2.49. The van der Waals surface area contributed by atoms with Crippen LogP contribution in [-0.4, -0.2) is 33.7 Å². The minimum atomic E-state index is -0.397. The second kappa shape index (κ2) is 6.50. The Morgan fingerprint density at radius 2 is 2.09 bits per heavy atom. The maximum absolute atomic E-state index is 13.1. The minimum Gasteiger partial charge on any atom is -0.353 e. The van der Waals surface area contributed by atoms with Crippen LogP contribution in [0.25, 0.3) is 0 Å². The molecule has 122 valence electrons. The summed E-state index contributed by atoms with van der Waals surface area (Å²) >= 11 is 0. The van der Waals surface area contributed by atoms with Crippen LogP contribution in [0.3, 0.4) is 0 Å². The molecule has 1 atom stereocenters. The SMILES string of the molecule is CC(C)n1cc(CN2CCNC(=O)[C@H]2c2ccc(F)cc2)cn1. The predicted molar refractivity (Wildman–Crippen MR) is 85.2 cm³/mol. The van der Waals surface area contributed by atoms with Crippen molar-refractivity contribution in [3.05, 3.63) is 53.6 Å². The van der Waals surface area contributed by atoms with Crippen molar-refractivity contribution in [2.45, 2.75) is 32.5 Å². The number of amides is 1. The van der Waals surface area contributed by atoms with Gasteiger partial charge in [0.2, 0.25) is 5.91 Å². The summed E-state index contributed by atoms with van der Waals surface area (Å²) in [5.41, 5.74) is 1.88. The highest BCUT2D eigenvalue weighted by atomic mass is 19.1. The molecule has 1 aromatic heterocycles. The van der Waals surface area contributed by atoms with Crippen LogP contribution >= 0.6 is 0 Å². The van der Waals surface area contributed by atoms with E-state index in [1.807, 2.05) is 17.1 Å². The van der Waals surface area contributed by atoms with Crippen LogP contribution in [0.4, 0.5) is 4.39 Å². The van der Waals surface area contributed by atoms with Crippen molar-refractivity contribution < 1.29 is 9.18 Å². The van der Waals surface area contributed by atoms with Crippen LogP contribution in [0, 0.1) is 5.82 Å². The highest BCUT2D eigenvalue weighted by molar-refractivity contribution is 5.83. The van der Waals surface area contributed by atoms with E-state index in [0.717, 1.165) is 17.7 Å². The molecule has 0 spiro atoms. The predicted octanol–water partition coefficient (Wildman–Crippen LogP) is 2.28. The lowest BCUT2D eigenvalue weighted by Gasteiger charge is -2.35. The Bertz CT molecular complexity index is 680. The fourth-order valence-corrected chi connectivity index (χ4v) is 2.87. The van der Waals surface area contributed by atoms with E-state index >= 15 is 0 Å². The first-order valence-electron chi connectivity index (χ1n) is 7.85. The standard InChI is InChI=1S/C17H21FN4O/c1-12(2)22-11-13(9-20-22)10-21-8-7-19-17(23)16(21)14-3-5-15(18)6-4-14/h3-6,9,11-12,16H,7-8,10H2,1-2H3,(H,19,23)/t16-/m1/s1. The van der Waals surface area contributed by atoms with Gasteiger partial charge >= 0.3 is 0 Å². The number of halogens is 1. The quantitative estimate of drug-likeness (QED) is 0.941. The second-order valence-corrected chi connectivity index (χ2v) is 6.14. The Kier molecular flexibility index (Phi) is 4.43. The van der Waals surface area contributed by atoms with Crippen molar-refractivity contribution in [2.75, 3.05) is 13.1 Å². The Hall–Kier alpha value is -2.21. The molecule has 0 saturated carbocycles. The third kappa shape index (κ3) is 3.42. The molecular weight excluding hydrogens is 295 g/mol. The van der Waals surface area contributed by atoms with Crippen LogP contribution in [0.5, 0.6) is 0 Å². The van der Waals surface area contributed by atoms with Crippen LogP contribution in [-0.2, 0) is 11.3 Å². The molecule has 2 aromatic rings. The van der Waals surface area contributed by atoms with Gasteiger partial charge in [-0.3, -0.25) is 14.4 Å². The molecular formula is C17H21FN4O. The number of hydrogen-bond donors (Lipinski definition) is 1. The topological polar surface area (TPSA) is 50.2 Å². The Labute approximate surface area is 135 Å². The highest BCUT2D eigenvalue weighted by Crippen LogP contribution is 2.25. The van der Waals surface area contributed by atoms with Gasteiger partial charge in [-0.15, -0.1) is 0 Å². The molecule has 1 aromatic carbocycles. The Balaban J connectivity index is 1.82. The molecule has 2 heterocycles. The molecule has 1 amide bonds. The van der Waals surface area contributed by atoms with Gasteiger partial charge in [0, 0.05) is 37.4 Å². The van der Waals surface area contributed by atoms with E-state index in [0.29, 0.717) is 19.1 Å². The normalized spacial score (nSPS) is 19.1. The van der Waals surface area contributed by atoms with E-state index in [1.165, 1.54) is 12.1 Å². The highest BCUT2D eigenvalue weighted by Gasteiger charge is 2.31. The Morgan fingerprint density at radius 1 is 1.35 bits per heavy atom. The van der Waals surface area contributed by atoms with E-state index in [-0.39, 0.29) is 11.7 Å². The van der Waals surface area contributed by atoms with Gasteiger partial charge < -0.3 is 5.32 Å². The van der Waals surface area contributed by atoms with E-state index < -0.39 is 6.04 Å². The molecule has 1 aliphatic heterocycles. The lowest BCUT2D eigenvalue weighted by molar-refractivity contribution is -0.129. The molecule has 0 unspecified atom stereocenters. The smallest absolute Gasteiger partial charge is 0.242 e. The number of nitrogens with zero attached hydrogens (tertiary/aromatic N) is 3. The van der Waals surface area contributed by atoms with Crippen LogP contribution < -0.4 is 5.32 Å². The van der Waals surface area contributed by atoms with Gasteiger partial charge in [0.05, 0.1) is 6.20 Å². The van der Waals surface area contributed by atoms with Gasteiger partial charge in [0.15, 0.2) is 0 Å². The zero-order valence-electron chi connectivity index (χ0n) is 13.4. The van der Waals surface area contributed by atoms with Gasteiger partial charge in [0.25, 0.3) is 0 Å². The molecule has 6 heteroatoms. The summed E-state index contributed by atoms with van der Waals surface area (Å²) in [6.07, 6.45) is 3.85. The molecule has 3 rings (SSSR count).